The molecule has 6 heteroatoms. The minimum atomic E-state index is -0.949. The Morgan fingerprint density at radius 2 is 2.24 bits per heavy atom. The Morgan fingerprint density at radius 3 is 2.76 bits per heavy atom. The van der Waals surface area contributed by atoms with E-state index in [-0.39, 0.29) is 5.91 Å². The SMILES string of the molecule is CCC(C)(N)C(=O)Nc1ccsc1C(=O)OC. The molecule has 0 spiro atoms. The smallest absolute Gasteiger partial charge is 0.350 e. The van der Waals surface area contributed by atoms with Crippen molar-refractivity contribution in [1.29, 1.82) is 0 Å². The van der Waals surface area contributed by atoms with Gasteiger partial charge >= 0.3 is 5.97 Å². The van der Waals surface area contributed by atoms with Crippen molar-refractivity contribution in [1.82, 2.24) is 0 Å². The van der Waals surface area contributed by atoms with Gasteiger partial charge in [-0.2, -0.15) is 0 Å². The van der Waals surface area contributed by atoms with E-state index in [2.05, 4.69) is 10.1 Å². The van der Waals surface area contributed by atoms with Crippen LogP contribution >= 0.6 is 11.3 Å². The quantitative estimate of drug-likeness (QED) is 0.802. The van der Waals surface area contributed by atoms with Gasteiger partial charge in [0, 0.05) is 0 Å². The number of methoxy groups -OCH3 is 1. The number of hydrogen-bond acceptors (Lipinski definition) is 5. The van der Waals surface area contributed by atoms with Crippen LogP contribution < -0.4 is 11.1 Å². The third kappa shape index (κ3) is 3.04. The standard InChI is InChI=1S/C11H16N2O3S/c1-4-11(2,12)10(15)13-7-5-6-17-8(7)9(14)16-3/h5-6H,4,12H2,1-3H3,(H,13,15). The van der Waals surface area contributed by atoms with Crippen LogP contribution in [0.3, 0.4) is 0 Å². The lowest BCUT2D eigenvalue weighted by molar-refractivity contribution is -0.120. The molecule has 1 unspecified atom stereocenters. The molecule has 1 amide bonds. The molecular weight excluding hydrogens is 240 g/mol. The van der Waals surface area contributed by atoms with Crippen molar-refractivity contribution in [2.75, 3.05) is 12.4 Å². The Hall–Kier alpha value is -1.40. The summed E-state index contributed by atoms with van der Waals surface area (Å²) in [6.45, 7) is 3.47. The zero-order chi connectivity index (χ0) is 13.1. The molecule has 3 N–H and O–H groups in total. The Morgan fingerprint density at radius 1 is 1.59 bits per heavy atom. The maximum atomic E-state index is 11.8. The Labute approximate surface area is 104 Å². The molecule has 0 bridgehead atoms. The van der Waals surface area contributed by atoms with Gasteiger partial charge in [-0.1, -0.05) is 6.92 Å². The lowest BCUT2D eigenvalue weighted by atomic mass is 9.99. The molecule has 17 heavy (non-hydrogen) atoms. The molecule has 0 aliphatic rings. The first-order chi connectivity index (χ1) is 7.92. The number of esters is 1. The molecule has 1 rings (SSSR count). The van der Waals surface area contributed by atoms with E-state index in [1.807, 2.05) is 6.92 Å². The van der Waals surface area contributed by atoms with Crippen LogP contribution in [0.5, 0.6) is 0 Å². The van der Waals surface area contributed by atoms with Crippen LogP contribution in [0, 0.1) is 0 Å². The molecule has 0 aliphatic carbocycles. The predicted molar refractivity (Wildman–Crippen MR) is 67.2 cm³/mol. The maximum Gasteiger partial charge on any atom is 0.350 e. The zero-order valence-corrected chi connectivity index (χ0v) is 10.9. The highest BCUT2D eigenvalue weighted by atomic mass is 32.1. The third-order valence-corrected chi connectivity index (χ3v) is 3.43. The zero-order valence-electron chi connectivity index (χ0n) is 10.1. The number of rotatable bonds is 4. The summed E-state index contributed by atoms with van der Waals surface area (Å²) in [7, 11) is 1.30. The van der Waals surface area contributed by atoms with E-state index >= 15 is 0 Å². The van der Waals surface area contributed by atoms with Gasteiger partial charge in [-0.05, 0) is 24.8 Å². The number of nitrogens with one attached hydrogen (secondary N) is 1. The van der Waals surface area contributed by atoms with E-state index < -0.39 is 11.5 Å². The van der Waals surface area contributed by atoms with Crippen molar-refractivity contribution >= 4 is 28.9 Å². The lowest BCUT2D eigenvalue weighted by Crippen LogP contribution is -2.47. The monoisotopic (exact) mass is 256 g/mol. The number of carbonyl (C=O) groups is 2. The molecule has 1 heterocycles. The summed E-state index contributed by atoms with van der Waals surface area (Å²) in [6.07, 6.45) is 0.510. The molecule has 0 saturated heterocycles. The van der Waals surface area contributed by atoms with Gasteiger partial charge in [0.2, 0.25) is 5.91 Å². The Kier molecular flexibility index (Phi) is 4.25. The van der Waals surface area contributed by atoms with Crippen LogP contribution in [-0.2, 0) is 9.53 Å². The summed E-state index contributed by atoms with van der Waals surface area (Å²) < 4.78 is 4.62. The van der Waals surface area contributed by atoms with E-state index in [4.69, 9.17) is 5.73 Å². The highest BCUT2D eigenvalue weighted by Gasteiger charge is 2.27. The summed E-state index contributed by atoms with van der Waals surface area (Å²) in [6, 6.07) is 1.65. The fourth-order valence-electron chi connectivity index (χ4n) is 1.08. The van der Waals surface area contributed by atoms with Crippen LogP contribution in [0.1, 0.15) is 29.9 Å². The first kappa shape index (κ1) is 13.7. The highest BCUT2D eigenvalue weighted by molar-refractivity contribution is 7.12. The molecule has 5 nitrogen and oxygen atoms in total. The maximum absolute atomic E-state index is 11.8. The molecule has 0 aliphatic heterocycles. The summed E-state index contributed by atoms with van der Waals surface area (Å²) in [5, 5.41) is 4.35. The average Bonchev–Trinajstić information content (AvgIpc) is 2.76. The molecule has 0 radical (unpaired) electrons. The van der Waals surface area contributed by atoms with Crippen molar-refractivity contribution in [3.05, 3.63) is 16.3 Å². The Bertz CT molecular complexity index is 426. The molecule has 0 saturated carbocycles. The van der Waals surface area contributed by atoms with Crippen molar-refractivity contribution in [2.24, 2.45) is 5.73 Å². The van der Waals surface area contributed by atoms with Crippen LogP contribution in [0.2, 0.25) is 0 Å². The molecule has 1 aromatic rings. The molecule has 1 aromatic heterocycles. The molecule has 94 valence electrons. The second kappa shape index (κ2) is 5.29. The molecule has 1 atom stereocenters. The van der Waals surface area contributed by atoms with Gasteiger partial charge in [0.15, 0.2) is 0 Å². The van der Waals surface area contributed by atoms with E-state index in [9.17, 15) is 9.59 Å². The highest BCUT2D eigenvalue weighted by Crippen LogP contribution is 2.24. The number of nitrogens with two attached hydrogens (primary N) is 1. The molecule has 0 fully saturated rings. The second-order valence-electron chi connectivity index (χ2n) is 3.88. The van der Waals surface area contributed by atoms with Gasteiger partial charge in [0.25, 0.3) is 0 Å². The first-order valence-corrected chi connectivity index (χ1v) is 6.06. The van der Waals surface area contributed by atoms with E-state index in [1.54, 1.807) is 18.4 Å². The van der Waals surface area contributed by atoms with E-state index in [0.717, 1.165) is 0 Å². The molecular formula is C11H16N2O3S. The molecule has 0 aromatic carbocycles. The van der Waals surface area contributed by atoms with Crippen molar-refractivity contribution < 1.29 is 14.3 Å². The van der Waals surface area contributed by atoms with E-state index in [1.165, 1.54) is 18.4 Å². The number of hydrogen-bond donors (Lipinski definition) is 2. The van der Waals surface area contributed by atoms with Gasteiger partial charge in [-0.15, -0.1) is 11.3 Å². The van der Waals surface area contributed by atoms with Gasteiger partial charge < -0.3 is 15.8 Å². The average molecular weight is 256 g/mol. The number of anilines is 1. The topological polar surface area (TPSA) is 81.4 Å². The minimum absolute atomic E-state index is 0.316. The summed E-state index contributed by atoms with van der Waals surface area (Å²) in [5.74, 6) is -0.783. The summed E-state index contributed by atoms with van der Waals surface area (Å²) >= 11 is 1.21. The Balaban J connectivity index is 2.86. The van der Waals surface area contributed by atoms with Crippen LogP contribution in [-0.4, -0.2) is 24.5 Å². The number of thiophene rings is 1. The van der Waals surface area contributed by atoms with Crippen molar-refractivity contribution in [3.63, 3.8) is 0 Å². The number of amides is 1. The van der Waals surface area contributed by atoms with Crippen LogP contribution in [0.25, 0.3) is 0 Å². The number of ether oxygens (including phenoxy) is 1. The summed E-state index contributed by atoms with van der Waals surface area (Å²) in [4.78, 5) is 23.6. The third-order valence-electron chi connectivity index (χ3n) is 2.54. The largest absolute Gasteiger partial charge is 0.465 e. The predicted octanol–water partition coefficient (Wildman–Crippen LogP) is 1.60. The first-order valence-electron chi connectivity index (χ1n) is 5.18. The van der Waals surface area contributed by atoms with Crippen LogP contribution in [0.4, 0.5) is 5.69 Å². The number of carbonyl (C=O) groups excluding carboxylic acids is 2. The normalized spacial score (nSPS) is 13.9. The second-order valence-corrected chi connectivity index (χ2v) is 4.80. The van der Waals surface area contributed by atoms with Crippen molar-refractivity contribution in [2.45, 2.75) is 25.8 Å². The van der Waals surface area contributed by atoms with Gasteiger partial charge in [-0.25, -0.2) is 4.79 Å². The van der Waals surface area contributed by atoms with Gasteiger partial charge in [-0.3, -0.25) is 4.79 Å². The van der Waals surface area contributed by atoms with Gasteiger partial charge in [0.05, 0.1) is 18.3 Å². The minimum Gasteiger partial charge on any atom is -0.465 e. The van der Waals surface area contributed by atoms with Gasteiger partial charge in [0.1, 0.15) is 4.88 Å². The lowest BCUT2D eigenvalue weighted by Gasteiger charge is -2.21. The fraction of sp³-hybridized carbons (Fsp3) is 0.455. The van der Waals surface area contributed by atoms with Crippen molar-refractivity contribution in [3.8, 4) is 0 Å². The van der Waals surface area contributed by atoms with E-state index in [0.29, 0.717) is 17.0 Å². The fourth-order valence-corrected chi connectivity index (χ4v) is 1.85. The van der Waals surface area contributed by atoms with Crippen LogP contribution in [0.15, 0.2) is 11.4 Å². The summed E-state index contributed by atoms with van der Waals surface area (Å²) in [5.41, 5.74) is 5.30.